The summed E-state index contributed by atoms with van der Waals surface area (Å²) >= 11 is 0. The minimum Gasteiger partial charge on any atom is -0.461 e. The molecule has 2 rings (SSSR count). The van der Waals surface area contributed by atoms with Gasteiger partial charge < -0.3 is 10.1 Å². The lowest BCUT2D eigenvalue weighted by Crippen LogP contribution is -2.43. The van der Waals surface area contributed by atoms with E-state index in [1.54, 1.807) is 6.92 Å². The second-order valence-corrected chi connectivity index (χ2v) is 5.91. The van der Waals surface area contributed by atoms with Crippen LogP contribution in [0.5, 0.6) is 0 Å². The number of rotatable bonds is 4. The SMILES string of the molecule is C[C@@H](NC(=O)C1CCCCC1)C(=O)OC1CCCC1. The van der Waals surface area contributed by atoms with Gasteiger partial charge in [0.2, 0.25) is 5.91 Å². The first-order valence-corrected chi connectivity index (χ1v) is 7.67. The number of ether oxygens (including phenoxy) is 1. The van der Waals surface area contributed by atoms with Crippen molar-refractivity contribution in [3.8, 4) is 0 Å². The molecular formula is C15H25NO3. The number of esters is 1. The first-order chi connectivity index (χ1) is 9.16. The molecule has 0 aromatic carbocycles. The third-order valence-corrected chi connectivity index (χ3v) is 4.27. The van der Waals surface area contributed by atoms with Crippen molar-refractivity contribution < 1.29 is 14.3 Å². The molecule has 2 aliphatic carbocycles. The van der Waals surface area contributed by atoms with Gasteiger partial charge in [-0.2, -0.15) is 0 Å². The molecule has 0 unspecified atom stereocenters. The lowest BCUT2D eigenvalue weighted by Gasteiger charge is -2.23. The molecule has 4 heteroatoms. The Hall–Kier alpha value is -1.06. The number of hydrogen-bond acceptors (Lipinski definition) is 3. The molecule has 0 saturated heterocycles. The lowest BCUT2D eigenvalue weighted by molar-refractivity contribution is -0.152. The molecule has 2 fully saturated rings. The molecule has 0 aromatic heterocycles. The summed E-state index contributed by atoms with van der Waals surface area (Å²) in [6.07, 6.45) is 9.67. The predicted molar refractivity (Wildman–Crippen MR) is 72.5 cm³/mol. The zero-order chi connectivity index (χ0) is 13.7. The van der Waals surface area contributed by atoms with Crippen LogP contribution < -0.4 is 5.32 Å². The molecule has 2 aliphatic rings. The summed E-state index contributed by atoms with van der Waals surface area (Å²) in [5.41, 5.74) is 0. The second kappa shape index (κ2) is 6.92. The van der Waals surface area contributed by atoms with Gasteiger partial charge in [-0.25, -0.2) is 4.79 Å². The monoisotopic (exact) mass is 267 g/mol. The summed E-state index contributed by atoms with van der Waals surface area (Å²) < 4.78 is 5.41. The average Bonchev–Trinajstić information content (AvgIpc) is 2.92. The number of carbonyl (C=O) groups excluding carboxylic acids is 2. The van der Waals surface area contributed by atoms with Crippen LogP contribution in [0.1, 0.15) is 64.7 Å². The second-order valence-electron chi connectivity index (χ2n) is 5.91. The van der Waals surface area contributed by atoms with Gasteiger partial charge in [-0.15, -0.1) is 0 Å². The van der Waals surface area contributed by atoms with Crippen molar-refractivity contribution in [2.24, 2.45) is 5.92 Å². The maximum Gasteiger partial charge on any atom is 0.328 e. The third kappa shape index (κ3) is 4.22. The van der Waals surface area contributed by atoms with Gasteiger partial charge in [-0.1, -0.05) is 19.3 Å². The van der Waals surface area contributed by atoms with Crippen molar-refractivity contribution >= 4 is 11.9 Å². The molecule has 4 nitrogen and oxygen atoms in total. The number of hydrogen-bond donors (Lipinski definition) is 1. The Kier molecular flexibility index (Phi) is 5.23. The Labute approximate surface area is 115 Å². The molecule has 19 heavy (non-hydrogen) atoms. The molecule has 108 valence electrons. The van der Waals surface area contributed by atoms with E-state index in [9.17, 15) is 9.59 Å². The molecule has 0 aromatic rings. The maximum atomic E-state index is 12.0. The first-order valence-electron chi connectivity index (χ1n) is 7.67. The van der Waals surface area contributed by atoms with Gasteiger partial charge >= 0.3 is 5.97 Å². The van der Waals surface area contributed by atoms with Gasteiger partial charge in [0.1, 0.15) is 12.1 Å². The summed E-state index contributed by atoms with van der Waals surface area (Å²) in [5, 5.41) is 2.81. The lowest BCUT2D eigenvalue weighted by atomic mass is 9.88. The molecule has 1 amide bonds. The highest BCUT2D eigenvalue weighted by molar-refractivity contribution is 5.85. The zero-order valence-electron chi connectivity index (χ0n) is 11.8. The van der Waals surface area contributed by atoms with Crippen LogP contribution in [0.25, 0.3) is 0 Å². The van der Waals surface area contributed by atoms with E-state index in [-0.39, 0.29) is 23.9 Å². The summed E-state index contributed by atoms with van der Waals surface area (Å²) in [6, 6.07) is -0.518. The predicted octanol–water partition coefficient (Wildman–Crippen LogP) is 2.56. The number of nitrogens with one attached hydrogen (secondary N) is 1. The van der Waals surface area contributed by atoms with Gasteiger partial charge in [0, 0.05) is 5.92 Å². The van der Waals surface area contributed by atoms with Crippen LogP contribution in [0.4, 0.5) is 0 Å². The zero-order valence-corrected chi connectivity index (χ0v) is 11.8. The normalized spacial score (nSPS) is 23.0. The Morgan fingerprint density at radius 2 is 1.58 bits per heavy atom. The minimum atomic E-state index is -0.518. The molecule has 1 atom stereocenters. The van der Waals surface area contributed by atoms with Crippen molar-refractivity contribution in [1.82, 2.24) is 5.32 Å². The fourth-order valence-corrected chi connectivity index (χ4v) is 3.03. The van der Waals surface area contributed by atoms with E-state index in [4.69, 9.17) is 4.74 Å². The van der Waals surface area contributed by atoms with Crippen LogP contribution >= 0.6 is 0 Å². The van der Waals surface area contributed by atoms with E-state index in [2.05, 4.69) is 5.32 Å². The van der Waals surface area contributed by atoms with Gasteiger partial charge in [-0.05, 0) is 45.4 Å². The Morgan fingerprint density at radius 3 is 2.21 bits per heavy atom. The molecule has 0 spiro atoms. The largest absolute Gasteiger partial charge is 0.461 e. The topological polar surface area (TPSA) is 55.4 Å². The van der Waals surface area contributed by atoms with Gasteiger partial charge in [-0.3, -0.25) is 4.79 Å². The maximum absolute atomic E-state index is 12.0. The summed E-state index contributed by atoms with van der Waals surface area (Å²) in [6.45, 7) is 1.72. The molecule has 0 bridgehead atoms. The smallest absolute Gasteiger partial charge is 0.328 e. The Balaban J connectivity index is 1.73. The molecule has 2 saturated carbocycles. The molecule has 0 aliphatic heterocycles. The quantitative estimate of drug-likeness (QED) is 0.796. The first kappa shape index (κ1) is 14.4. The molecule has 1 N–H and O–H groups in total. The van der Waals surface area contributed by atoms with Gasteiger partial charge in [0.05, 0.1) is 0 Å². The van der Waals surface area contributed by atoms with Crippen molar-refractivity contribution in [3.05, 3.63) is 0 Å². The van der Waals surface area contributed by atoms with Crippen LogP contribution in [0, 0.1) is 5.92 Å². The van der Waals surface area contributed by atoms with Crippen LogP contribution in [0.2, 0.25) is 0 Å². The summed E-state index contributed by atoms with van der Waals surface area (Å²) in [7, 11) is 0. The van der Waals surface area contributed by atoms with Crippen LogP contribution in [0.15, 0.2) is 0 Å². The van der Waals surface area contributed by atoms with Crippen LogP contribution in [-0.4, -0.2) is 24.0 Å². The Morgan fingerprint density at radius 1 is 1.00 bits per heavy atom. The highest BCUT2D eigenvalue weighted by Gasteiger charge is 2.27. The number of carbonyl (C=O) groups is 2. The van der Waals surface area contributed by atoms with Crippen molar-refractivity contribution in [2.75, 3.05) is 0 Å². The molecule has 0 heterocycles. The highest BCUT2D eigenvalue weighted by atomic mass is 16.5. The van der Waals surface area contributed by atoms with E-state index in [0.29, 0.717) is 0 Å². The van der Waals surface area contributed by atoms with Crippen LogP contribution in [0.3, 0.4) is 0 Å². The minimum absolute atomic E-state index is 0.0237. The van der Waals surface area contributed by atoms with Gasteiger partial charge in [0.15, 0.2) is 0 Å². The van der Waals surface area contributed by atoms with Gasteiger partial charge in [0.25, 0.3) is 0 Å². The molecular weight excluding hydrogens is 242 g/mol. The van der Waals surface area contributed by atoms with E-state index in [1.807, 2.05) is 0 Å². The third-order valence-electron chi connectivity index (χ3n) is 4.27. The standard InChI is InChI=1S/C15H25NO3/c1-11(15(18)19-13-9-5-6-10-13)16-14(17)12-7-3-2-4-8-12/h11-13H,2-10H2,1H3,(H,16,17)/t11-/m1/s1. The fourth-order valence-electron chi connectivity index (χ4n) is 3.03. The van der Waals surface area contributed by atoms with E-state index in [0.717, 1.165) is 51.4 Å². The van der Waals surface area contributed by atoms with E-state index < -0.39 is 6.04 Å². The van der Waals surface area contributed by atoms with Crippen LogP contribution in [-0.2, 0) is 14.3 Å². The highest BCUT2D eigenvalue weighted by Crippen LogP contribution is 2.24. The van der Waals surface area contributed by atoms with E-state index in [1.165, 1.54) is 6.42 Å². The van der Waals surface area contributed by atoms with Crippen molar-refractivity contribution in [1.29, 1.82) is 0 Å². The Bertz CT molecular complexity index is 317. The van der Waals surface area contributed by atoms with Crippen molar-refractivity contribution in [3.63, 3.8) is 0 Å². The molecule has 0 radical (unpaired) electrons. The average molecular weight is 267 g/mol. The summed E-state index contributed by atoms with van der Waals surface area (Å²) in [4.78, 5) is 23.9. The van der Waals surface area contributed by atoms with E-state index >= 15 is 0 Å². The van der Waals surface area contributed by atoms with Crippen molar-refractivity contribution in [2.45, 2.75) is 76.9 Å². The number of amides is 1. The summed E-state index contributed by atoms with van der Waals surface area (Å²) in [5.74, 6) is -0.165. The fraction of sp³-hybridized carbons (Fsp3) is 0.867.